The number of carbonyl (C=O) groups is 1. The van der Waals surface area contributed by atoms with Crippen LogP contribution in [0.3, 0.4) is 0 Å². The van der Waals surface area contributed by atoms with Gasteiger partial charge in [-0.1, -0.05) is 26.3 Å². The minimum Gasteiger partial charge on any atom is -0.295 e. The molecule has 2 saturated carbocycles. The Kier molecular flexibility index (Phi) is 1.85. The fourth-order valence-electron chi connectivity index (χ4n) is 4.68. The summed E-state index contributed by atoms with van der Waals surface area (Å²) in [6.45, 7) is 9.19. The molecule has 1 spiro atoms. The molecule has 0 aromatic rings. The second-order valence-electron chi connectivity index (χ2n) is 6.85. The monoisotopic (exact) mass is 218 g/mol. The second kappa shape index (κ2) is 2.80. The first-order valence-corrected chi connectivity index (χ1v) is 6.64. The lowest BCUT2D eigenvalue weighted by Crippen LogP contribution is -2.35. The van der Waals surface area contributed by atoms with E-state index in [2.05, 4.69) is 27.7 Å². The molecule has 3 rings (SSSR count). The first-order chi connectivity index (χ1) is 7.39. The summed E-state index contributed by atoms with van der Waals surface area (Å²) in [7, 11) is 0. The summed E-state index contributed by atoms with van der Waals surface area (Å²) in [6, 6.07) is 0. The zero-order valence-electron chi connectivity index (χ0n) is 10.9. The smallest absolute Gasteiger partial charge is 0.159 e. The number of allylic oxidation sites excluding steroid dienone is 2. The Bertz CT molecular complexity index is 402. The van der Waals surface area contributed by atoms with Gasteiger partial charge in [0.1, 0.15) is 0 Å². The van der Waals surface area contributed by atoms with Gasteiger partial charge in [-0.15, -0.1) is 0 Å². The van der Waals surface area contributed by atoms with E-state index in [-0.39, 0.29) is 5.41 Å². The van der Waals surface area contributed by atoms with Crippen LogP contribution in [0, 0.1) is 22.7 Å². The van der Waals surface area contributed by atoms with Crippen molar-refractivity contribution in [3.05, 3.63) is 11.1 Å². The van der Waals surface area contributed by atoms with Crippen molar-refractivity contribution < 1.29 is 4.79 Å². The Morgan fingerprint density at radius 3 is 2.69 bits per heavy atom. The average Bonchev–Trinajstić information content (AvgIpc) is 2.69. The molecule has 16 heavy (non-hydrogen) atoms. The van der Waals surface area contributed by atoms with Gasteiger partial charge in [-0.3, -0.25) is 4.79 Å². The number of ketones is 1. The van der Waals surface area contributed by atoms with E-state index in [0.717, 1.165) is 12.3 Å². The average molecular weight is 218 g/mol. The maximum absolute atomic E-state index is 12.2. The van der Waals surface area contributed by atoms with E-state index in [9.17, 15) is 4.79 Å². The highest BCUT2D eigenvalue weighted by atomic mass is 16.1. The van der Waals surface area contributed by atoms with E-state index < -0.39 is 0 Å². The minimum absolute atomic E-state index is 0.259. The van der Waals surface area contributed by atoms with Gasteiger partial charge in [0.05, 0.1) is 0 Å². The van der Waals surface area contributed by atoms with Crippen LogP contribution >= 0.6 is 0 Å². The number of rotatable bonds is 0. The maximum atomic E-state index is 12.2. The number of fused-ring (bicyclic) bond motifs is 1. The lowest BCUT2D eigenvalue weighted by molar-refractivity contribution is -0.115. The lowest BCUT2D eigenvalue weighted by Gasteiger charge is -2.43. The van der Waals surface area contributed by atoms with Gasteiger partial charge in [0.2, 0.25) is 0 Å². The molecule has 0 radical (unpaired) electrons. The minimum atomic E-state index is 0.259. The van der Waals surface area contributed by atoms with E-state index in [4.69, 9.17) is 0 Å². The summed E-state index contributed by atoms with van der Waals surface area (Å²) in [6.07, 6.45) is 4.67. The standard InChI is InChI=1S/C15H22O/c1-9-7-12(16)13-10(2)14(3,4)11-5-6-15(9,13)8-11/h9,11H,5-8H2,1-4H3/t9-,11?,15+/m0/s1. The van der Waals surface area contributed by atoms with Gasteiger partial charge >= 0.3 is 0 Å². The fraction of sp³-hybridized carbons (Fsp3) is 0.800. The van der Waals surface area contributed by atoms with Crippen LogP contribution in [-0.4, -0.2) is 5.78 Å². The van der Waals surface area contributed by atoms with E-state index in [0.29, 0.717) is 17.1 Å². The molecule has 1 heteroatoms. The van der Waals surface area contributed by atoms with Crippen LogP contribution in [0.5, 0.6) is 0 Å². The Morgan fingerprint density at radius 1 is 1.31 bits per heavy atom. The Morgan fingerprint density at radius 2 is 2.00 bits per heavy atom. The van der Waals surface area contributed by atoms with Gasteiger partial charge in [0, 0.05) is 17.4 Å². The first kappa shape index (κ1) is 10.6. The number of Topliss-reactive ketones (excluding diaryl/α,β-unsaturated/α-hetero) is 1. The van der Waals surface area contributed by atoms with Crippen molar-refractivity contribution in [3.63, 3.8) is 0 Å². The highest BCUT2D eigenvalue weighted by molar-refractivity contribution is 6.00. The first-order valence-electron chi connectivity index (χ1n) is 6.64. The normalized spacial score (nSPS) is 45.1. The molecule has 0 aromatic heterocycles. The molecule has 0 aromatic carbocycles. The summed E-state index contributed by atoms with van der Waals surface area (Å²) >= 11 is 0. The molecule has 3 atom stereocenters. The van der Waals surface area contributed by atoms with E-state index in [1.54, 1.807) is 0 Å². The second-order valence-corrected chi connectivity index (χ2v) is 6.85. The lowest BCUT2D eigenvalue weighted by atomic mass is 9.61. The van der Waals surface area contributed by atoms with Gasteiger partial charge in [0.25, 0.3) is 0 Å². The maximum Gasteiger partial charge on any atom is 0.159 e. The van der Waals surface area contributed by atoms with Crippen molar-refractivity contribution in [2.24, 2.45) is 22.7 Å². The van der Waals surface area contributed by atoms with Gasteiger partial charge < -0.3 is 0 Å². The molecule has 2 bridgehead atoms. The highest BCUT2D eigenvalue weighted by Gasteiger charge is 2.59. The molecule has 1 unspecified atom stereocenters. The summed E-state index contributed by atoms with van der Waals surface area (Å²) in [4.78, 5) is 12.2. The molecular weight excluding hydrogens is 196 g/mol. The zero-order valence-corrected chi connectivity index (χ0v) is 10.9. The molecule has 88 valence electrons. The van der Waals surface area contributed by atoms with Gasteiger partial charge in [-0.05, 0) is 43.4 Å². The largest absolute Gasteiger partial charge is 0.295 e. The number of hydrogen-bond acceptors (Lipinski definition) is 1. The fourth-order valence-corrected chi connectivity index (χ4v) is 4.68. The third-order valence-electron chi connectivity index (χ3n) is 6.12. The third kappa shape index (κ3) is 0.959. The topological polar surface area (TPSA) is 17.1 Å². The quantitative estimate of drug-likeness (QED) is 0.605. The van der Waals surface area contributed by atoms with Crippen molar-refractivity contribution in [1.29, 1.82) is 0 Å². The van der Waals surface area contributed by atoms with Crippen LogP contribution in [0.2, 0.25) is 0 Å². The molecule has 0 aliphatic heterocycles. The van der Waals surface area contributed by atoms with Crippen LogP contribution in [0.1, 0.15) is 53.4 Å². The number of carbonyl (C=O) groups excluding carboxylic acids is 1. The molecule has 0 saturated heterocycles. The molecule has 3 aliphatic rings. The van der Waals surface area contributed by atoms with Crippen LogP contribution in [0.25, 0.3) is 0 Å². The summed E-state index contributed by atoms with van der Waals surface area (Å²) in [5.41, 5.74) is 3.21. The van der Waals surface area contributed by atoms with Crippen molar-refractivity contribution >= 4 is 5.78 Å². The molecule has 1 nitrogen and oxygen atoms in total. The van der Waals surface area contributed by atoms with Gasteiger partial charge in [-0.25, -0.2) is 0 Å². The van der Waals surface area contributed by atoms with Crippen molar-refractivity contribution in [1.82, 2.24) is 0 Å². The summed E-state index contributed by atoms with van der Waals surface area (Å²) in [5, 5.41) is 0. The van der Waals surface area contributed by atoms with Crippen molar-refractivity contribution in [2.75, 3.05) is 0 Å². The highest BCUT2D eigenvalue weighted by Crippen LogP contribution is 2.66. The van der Waals surface area contributed by atoms with Crippen LogP contribution in [0.15, 0.2) is 11.1 Å². The Labute approximate surface area is 98.3 Å². The molecule has 2 fully saturated rings. The van der Waals surface area contributed by atoms with Crippen molar-refractivity contribution in [2.45, 2.75) is 53.4 Å². The van der Waals surface area contributed by atoms with E-state index >= 15 is 0 Å². The van der Waals surface area contributed by atoms with Gasteiger partial charge in [-0.2, -0.15) is 0 Å². The molecule has 0 N–H and O–H groups in total. The van der Waals surface area contributed by atoms with Crippen molar-refractivity contribution in [3.8, 4) is 0 Å². The Hall–Kier alpha value is -0.590. The van der Waals surface area contributed by atoms with E-state index in [1.807, 2.05) is 0 Å². The molecular formula is C15H22O. The van der Waals surface area contributed by atoms with Crippen LogP contribution in [0.4, 0.5) is 0 Å². The third-order valence-corrected chi connectivity index (χ3v) is 6.12. The Balaban J connectivity index is 2.25. The SMILES string of the molecule is CC1=C2C(=O)C[C@H](C)[C@]23CCC(C3)C1(C)C. The summed E-state index contributed by atoms with van der Waals surface area (Å²) < 4.78 is 0. The van der Waals surface area contributed by atoms with Crippen LogP contribution in [-0.2, 0) is 4.79 Å². The predicted octanol–water partition coefficient (Wildman–Crippen LogP) is 3.74. The molecule has 0 heterocycles. The van der Waals surface area contributed by atoms with Crippen LogP contribution < -0.4 is 0 Å². The number of hydrogen-bond donors (Lipinski definition) is 0. The van der Waals surface area contributed by atoms with Gasteiger partial charge in [0.15, 0.2) is 5.78 Å². The predicted molar refractivity (Wildman–Crippen MR) is 65.0 cm³/mol. The summed E-state index contributed by atoms with van der Waals surface area (Å²) in [5.74, 6) is 1.86. The van der Waals surface area contributed by atoms with E-state index in [1.165, 1.54) is 30.4 Å². The molecule has 3 aliphatic carbocycles. The zero-order chi connectivity index (χ0) is 11.7. The molecule has 0 amide bonds.